The average Bonchev–Trinajstić information content (AvgIpc) is 2.32. The number of benzene rings is 1. The first-order valence-corrected chi connectivity index (χ1v) is 6.20. The van der Waals surface area contributed by atoms with Gasteiger partial charge in [0.1, 0.15) is 0 Å². The Morgan fingerprint density at radius 3 is 2.94 bits per heavy atom. The Labute approximate surface area is 101 Å². The van der Waals surface area contributed by atoms with E-state index in [0.29, 0.717) is 6.04 Å². The van der Waals surface area contributed by atoms with Crippen LogP contribution in [0.25, 0.3) is 10.9 Å². The van der Waals surface area contributed by atoms with Crippen LogP contribution in [0.5, 0.6) is 0 Å². The van der Waals surface area contributed by atoms with Gasteiger partial charge in [0.25, 0.3) is 0 Å². The van der Waals surface area contributed by atoms with E-state index in [1.54, 1.807) is 0 Å². The smallest absolute Gasteiger partial charge is 0.0734 e. The summed E-state index contributed by atoms with van der Waals surface area (Å²) in [6.45, 7) is 3.24. The van der Waals surface area contributed by atoms with Gasteiger partial charge in [0.15, 0.2) is 0 Å². The molecule has 3 nitrogen and oxygen atoms in total. The Hall–Kier alpha value is -1.45. The first-order chi connectivity index (χ1) is 8.43. The highest BCUT2D eigenvalue weighted by molar-refractivity contribution is 5.81. The van der Waals surface area contributed by atoms with Crippen molar-refractivity contribution in [2.75, 3.05) is 19.6 Å². The molecule has 2 N–H and O–H groups in total. The van der Waals surface area contributed by atoms with E-state index in [9.17, 15) is 0 Å². The molecule has 1 aliphatic heterocycles. The van der Waals surface area contributed by atoms with Gasteiger partial charge in [-0.25, -0.2) is 0 Å². The van der Waals surface area contributed by atoms with E-state index in [2.05, 4.69) is 39.9 Å². The zero-order valence-corrected chi connectivity index (χ0v) is 9.82. The van der Waals surface area contributed by atoms with Crippen molar-refractivity contribution < 1.29 is 0 Å². The number of nitrogens with zero attached hydrogens (tertiary/aromatic N) is 1. The Bertz CT molecular complexity index is 500. The molecule has 0 aliphatic carbocycles. The van der Waals surface area contributed by atoms with Crippen LogP contribution in [0.4, 0.5) is 0 Å². The summed E-state index contributed by atoms with van der Waals surface area (Å²) in [6.07, 6.45) is 2.92. The van der Waals surface area contributed by atoms with Crippen LogP contribution in [0, 0.1) is 0 Å². The van der Waals surface area contributed by atoms with E-state index in [1.165, 1.54) is 10.9 Å². The molecule has 1 saturated heterocycles. The van der Waals surface area contributed by atoms with Gasteiger partial charge in [-0.2, -0.15) is 0 Å². The van der Waals surface area contributed by atoms with Crippen LogP contribution >= 0.6 is 0 Å². The van der Waals surface area contributed by atoms with Crippen LogP contribution in [-0.2, 0) is 6.42 Å². The largest absolute Gasteiger partial charge is 0.314 e. The summed E-state index contributed by atoms with van der Waals surface area (Å²) < 4.78 is 0. The molecule has 0 saturated carbocycles. The summed E-state index contributed by atoms with van der Waals surface area (Å²) in [5, 5.41) is 8.04. The maximum absolute atomic E-state index is 4.47. The van der Waals surface area contributed by atoms with Gasteiger partial charge in [-0.1, -0.05) is 24.3 Å². The van der Waals surface area contributed by atoms with Crippen LogP contribution in [0.1, 0.15) is 5.56 Å². The van der Waals surface area contributed by atoms with Crippen LogP contribution in [0.3, 0.4) is 0 Å². The number of aromatic nitrogens is 1. The Morgan fingerprint density at radius 2 is 2.12 bits per heavy atom. The predicted octanol–water partition coefficient (Wildman–Crippen LogP) is 1.34. The van der Waals surface area contributed by atoms with Crippen LogP contribution in [0.2, 0.25) is 0 Å². The summed E-state index contributed by atoms with van der Waals surface area (Å²) in [5.74, 6) is 0. The van der Waals surface area contributed by atoms with Crippen molar-refractivity contribution in [3.8, 4) is 0 Å². The first kappa shape index (κ1) is 10.7. The van der Waals surface area contributed by atoms with E-state index in [4.69, 9.17) is 0 Å². The van der Waals surface area contributed by atoms with Gasteiger partial charge in [0, 0.05) is 30.7 Å². The van der Waals surface area contributed by atoms with Crippen molar-refractivity contribution in [1.29, 1.82) is 0 Å². The molecule has 88 valence electrons. The zero-order valence-electron chi connectivity index (χ0n) is 9.82. The van der Waals surface area contributed by atoms with E-state index in [1.807, 2.05) is 12.3 Å². The molecule has 2 aromatic rings. The Balaban J connectivity index is 1.71. The van der Waals surface area contributed by atoms with E-state index >= 15 is 0 Å². The monoisotopic (exact) mass is 227 g/mol. The Morgan fingerprint density at radius 1 is 1.24 bits per heavy atom. The minimum atomic E-state index is 0.665. The second-order valence-electron chi connectivity index (χ2n) is 4.55. The highest BCUT2D eigenvalue weighted by Crippen LogP contribution is 2.15. The normalized spacial score (nSPS) is 16.0. The third kappa shape index (κ3) is 2.30. The van der Waals surface area contributed by atoms with E-state index in [-0.39, 0.29) is 0 Å². The molecule has 1 fully saturated rings. The van der Waals surface area contributed by atoms with Gasteiger partial charge in [-0.15, -0.1) is 0 Å². The lowest BCUT2D eigenvalue weighted by Crippen LogP contribution is -2.55. The number of pyridine rings is 1. The molecule has 0 spiro atoms. The number of rotatable bonds is 4. The molecule has 17 heavy (non-hydrogen) atoms. The maximum atomic E-state index is 4.47. The fourth-order valence-corrected chi connectivity index (χ4v) is 2.21. The topological polar surface area (TPSA) is 37.0 Å². The summed E-state index contributed by atoms with van der Waals surface area (Å²) in [6, 6.07) is 11.2. The molecule has 0 unspecified atom stereocenters. The van der Waals surface area contributed by atoms with Crippen molar-refractivity contribution in [1.82, 2.24) is 15.6 Å². The first-order valence-electron chi connectivity index (χ1n) is 6.20. The van der Waals surface area contributed by atoms with Crippen molar-refractivity contribution in [2.45, 2.75) is 12.5 Å². The second-order valence-corrected chi connectivity index (χ2v) is 4.55. The van der Waals surface area contributed by atoms with Crippen LogP contribution < -0.4 is 10.6 Å². The predicted molar refractivity (Wildman–Crippen MR) is 70.1 cm³/mol. The van der Waals surface area contributed by atoms with E-state index < -0.39 is 0 Å². The van der Waals surface area contributed by atoms with Gasteiger partial charge >= 0.3 is 0 Å². The molecule has 0 amide bonds. The minimum Gasteiger partial charge on any atom is -0.314 e. The fraction of sp³-hybridized carbons (Fsp3) is 0.357. The van der Waals surface area contributed by atoms with Crippen LogP contribution in [0.15, 0.2) is 36.5 Å². The minimum absolute atomic E-state index is 0.665. The number of para-hydroxylation sites is 1. The standard InChI is InChI=1S/C14H17N3/c1-3-11-5-2-7-17-14(11)12(4-1)6-8-16-13-9-15-10-13/h1-5,7,13,15-16H,6,8-10H2. The average molecular weight is 227 g/mol. The summed E-state index contributed by atoms with van der Waals surface area (Å²) in [7, 11) is 0. The number of hydrogen-bond acceptors (Lipinski definition) is 3. The molecule has 1 aromatic carbocycles. The highest BCUT2D eigenvalue weighted by Gasteiger charge is 2.14. The van der Waals surface area contributed by atoms with Gasteiger partial charge in [0.2, 0.25) is 0 Å². The fourth-order valence-electron chi connectivity index (χ4n) is 2.21. The van der Waals surface area contributed by atoms with Crippen molar-refractivity contribution in [2.24, 2.45) is 0 Å². The third-order valence-corrected chi connectivity index (χ3v) is 3.33. The van der Waals surface area contributed by atoms with Crippen LogP contribution in [-0.4, -0.2) is 30.7 Å². The van der Waals surface area contributed by atoms with Gasteiger partial charge in [0.05, 0.1) is 5.52 Å². The Kier molecular flexibility index (Phi) is 3.03. The van der Waals surface area contributed by atoms with Gasteiger partial charge < -0.3 is 10.6 Å². The lowest BCUT2D eigenvalue weighted by Gasteiger charge is -2.28. The van der Waals surface area contributed by atoms with Crippen molar-refractivity contribution in [3.05, 3.63) is 42.1 Å². The molecule has 2 heterocycles. The molecule has 0 atom stereocenters. The van der Waals surface area contributed by atoms with Crippen molar-refractivity contribution >= 4 is 10.9 Å². The molecule has 3 heteroatoms. The zero-order chi connectivity index (χ0) is 11.5. The number of nitrogens with one attached hydrogen (secondary N) is 2. The molecule has 0 radical (unpaired) electrons. The summed E-state index contributed by atoms with van der Waals surface area (Å²) in [5.41, 5.74) is 2.48. The SMILES string of the molecule is c1cnc2c(CCNC3CNC3)cccc2c1. The lowest BCUT2D eigenvalue weighted by molar-refractivity contribution is 0.369. The van der Waals surface area contributed by atoms with Crippen molar-refractivity contribution in [3.63, 3.8) is 0 Å². The lowest BCUT2D eigenvalue weighted by atomic mass is 10.1. The highest BCUT2D eigenvalue weighted by atomic mass is 15.1. The summed E-state index contributed by atoms with van der Waals surface area (Å²) in [4.78, 5) is 4.47. The number of hydrogen-bond donors (Lipinski definition) is 2. The summed E-state index contributed by atoms with van der Waals surface area (Å²) >= 11 is 0. The van der Waals surface area contributed by atoms with Gasteiger partial charge in [-0.05, 0) is 24.6 Å². The molecule has 1 aliphatic rings. The quantitative estimate of drug-likeness (QED) is 0.827. The maximum Gasteiger partial charge on any atom is 0.0734 e. The number of fused-ring (bicyclic) bond motifs is 1. The molecule has 3 rings (SSSR count). The molecule has 1 aromatic heterocycles. The molecular weight excluding hydrogens is 210 g/mol. The molecule has 0 bridgehead atoms. The second kappa shape index (κ2) is 4.82. The van der Waals surface area contributed by atoms with E-state index in [0.717, 1.165) is 31.6 Å². The third-order valence-electron chi connectivity index (χ3n) is 3.33. The van der Waals surface area contributed by atoms with Gasteiger partial charge in [-0.3, -0.25) is 4.98 Å². The molecular formula is C14H17N3.